The first-order valence-corrected chi connectivity index (χ1v) is 3.80. The van der Waals surface area contributed by atoms with Crippen LogP contribution in [0.2, 0.25) is 0 Å². The van der Waals surface area contributed by atoms with E-state index in [1.807, 2.05) is 0 Å². The largest absolute Gasteiger partial charge is 0.391 e. The number of halogens is 2. The Hall–Kier alpha value is -0.640. The molecule has 2 atom stereocenters. The van der Waals surface area contributed by atoms with Crippen molar-refractivity contribution in [1.29, 1.82) is 0 Å². The van der Waals surface area contributed by atoms with Gasteiger partial charge in [-0.1, -0.05) is 12.1 Å². The first-order valence-electron chi connectivity index (χ1n) is 3.80. The van der Waals surface area contributed by atoms with Crippen LogP contribution in [0.4, 0.5) is 4.39 Å². The Bertz CT molecular complexity index is 268. The van der Waals surface area contributed by atoms with Crippen molar-refractivity contribution in [2.24, 2.45) is 5.73 Å². The third kappa shape index (κ3) is 3.30. The Morgan fingerprint density at radius 1 is 1.46 bits per heavy atom. The Balaban J connectivity index is 0.00000144. The zero-order chi connectivity index (χ0) is 9.14. The highest BCUT2D eigenvalue weighted by atomic mass is 35.5. The SMILES string of the molecule is C[C@H](O)[C@H](N)c1cccc(F)c1.Cl. The monoisotopic (exact) mass is 205 g/mol. The number of aliphatic hydroxyl groups excluding tert-OH is 1. The molecule has 0 aliphatic rings. The normalized spacial score (nSPS) is 14.5. The number of hydrogen-bond donors (Lipinski definition) is 2. The van der Waals surface area contributed by atoms with Crippen LogP contribution in [-0.4, -0.2) is 11.2 Å². The first-order chi connectivity index (χ1) is 5.61. The first kappa shape index (κ1) is 12.4. The summed E-state index contributed by atoms with van der Waals surface area (Å²) in [5.41, 5.74) is 6.21. The minimum absolute atomic E-state index is 0. The molecule has 0 saturated carbocycles. The number of rotatable bonds is 2. The molecule has 0 bridgehead atoms. The highest BCUT2D eigenvalue weighted by Gasteiger charge is 2.11. The van der Waals surface area contributed by atoms with Gasteiger partial charge in [0.2, 0.25) is 0 Å². The lowest BCUT2D eigenvalue weighted by molar-refractivity contribution is 0.164. The van der Waals surface area contributed by atoms with Crippen LogP contribution in [0.25, 0.3) is 0 Å². The van der Waals surface area contributed by atoms with Crippen LogP contribution >= 0.6 is 12.4 Å². The van der Waals surface area contributed by atoms with Crippen LogP contribution in [0.3, 0.4) is 0 Å². The van der Waals surface area contributed by atoms with Crippen molar-refractivity contribution in [2.45, 2.75) is 19.1 Å². The van der Waals surface area contributed by atoms with Crippen molar-refractivity contribution in [2.75, 3.05) is 0 Å². The quantitative estimate of drug-likeness (QED) is 0.771. The van der Waals surface area contributed by atoms with Crippen molar-refractivity contribution in [1.82, 2.24) is 0 Å². The molecule has 0 radical (unpaired) electrons. The highest BCUT2D eigenvalue weighted by Crippen LogP contribution is 2.14. The van der Waals surface area contributed by atoms with E-state index in [-0.39, 0.29) is 18.2 Å². The highest BCUT2D eigenvalue weighted by molar-refractivity contribution is 5.85. The van der Waals surface area contributed by atoms with E-state index in [1.54, 1.807) is 19.1 Å². The van der Waals surface area contributed by atoms with Gasteiger partial charge in [-0.3, -0.25) is 0 Å². The molecule has 0 aliphatic carbocycles. The lowest BCUT2D eigenvalue weighted by Crippen LogP contribution is -2.23. The van der Waals surface area contributed by atoms with Gasteiger partial charge in [-0.05, 0) is 24.6 Å². The standard InChI is InChI=1S/C9H12FNO.ClH/c1-6(12)9(11)7-3-2-4-8(10)5-7;/h2-6,9,12H,11H2,1H3;1H/t6-,9-;/m0./s1. The van der Waals surface area contributed by atoms with Crippen LogP contribution in [0.1, 0.15) is 18.5 Å². The Morgan fingerprint density at radius 2 is 2.08 bits per heavy atom. The molecular formula is C9H13ClFNO. The number of hydrogen-bond acceptors (Lipinski definition) is 2. The van der Waals surface area contributed by atoms with E-state index in [0.29, 0.717) is 5.56 Å². The molecule has 0 unspecified atom stereocenters. The van der Waals surface area contributed by atoms with E-state index in [9.17, 15) is 4.39 Å². The zero-order valence-electron chi connectivity index (χ0n) is 7.27. The van der Waals surface area contributed by atoms with Crippen LogP contribution in [0.5, 0.6) is 0 Å². The molecule has 1 aromatic carbocycles. The van der Waals surface area contributed by atoms with E-state index < -0.39 is 12.1 Å². The molecule has 0 saturated heterocycles. The van der Waals surface area contributed by atoms with Crippen LogP contribution in [0, 0.1) is 5.82 Å². The van der Waals surface area contributed by atoms with Gasteiger partial charge >= 0.3 is 0 Å². The number of aliphatic hydroxyl groups is 1. The lowest BCUT2D eigenvalue weighted by Gasteiger charge is -2.14. The van der Waals surface area contributed by atoms with Crippen LogP contribution in [0.15, 0.2) is 24.3 Å². The summed E-state index contributed by atoms with van der Waals surface area (Å²) in [7, 11) is 0. The number of nitrogens with two attached hydrogens (primary N) is 1. The summed E-state index contributed by atoms with van der Waals surface area (Å²) in [6.07, 6.45) is -0.660. The molecule has 3 N–H and O–H groups in total. The van der Waals surface area contributed by atoms with E-state index in [1.165, 1.54) is 12.1 Å². The molecule has 1 rings (SSSR count). The molecule has 0 spiro atoms. The summed E-state index contributed by atoms with van der Waals surface area (Å²) in [6.45, 7) is 1.58. The summed E-state index contributed by atoms with van der Waals surface area (Å²) in [5.74, 6) is -0.330. The predicted octanol–water partition coefficient (Wildman–Crippen LogP) is 1.63. The van der Waals surface area contributed by atoms with Gasteiger partial charge in [0.05, 0.1) is 12.1 Å². The molecule has 0 aromatic heterocycles. The van der Waals surface area contributed by atoms with Gasteiger partial charge in [0.15, 0.2) is 0 Å². The van der Waals surface area contributed by atoms with Gasteiger partial charge in [0.1, 0.15) is 5.82 Å². The number of benzene rings is 1. The average Bonchev–Trinajstić information content (AvgIpc) is 2.03. The summed E-state index contributed by atoms with van der Waals surface area (Å²) in [6, 6.07) is 5.43. The topological polar surface area (TPSA) is 46.2 Å². The third-order valence-corrected chi connectivity index (χ3v) is 1.75. The van der Waals surface area contributed by atoms with Crippen molar-refractivity contribution < 1.29 is 9.50 Å². The molecule has 0 heterocycles. The Kier molecular flexibility index (Phi) is 4.91. The fourth-order valence-corrected chi connectivity index (χ4v) is 0.992. The van der Waals surface area contributed by atoms with Crippen LogP contribution < -0.4 is 5.73 Å². The van der Waals surface area contributed by atoms with Crippen molar-refractivity contribution >= 4 is 12.4 Å². The van der Waals surface area contributed by atoms with E-state index in [0.717, 1.165) is 0 Å². The van der Waals surface area contributed by atoms with Gasteiger partial charge in [0.25, 0.3) is 0 Å². The maximum atomic E-state index is 12.7. The molecule has 0 amide bonds. The van der Waals surface area contributed by atoms with Gasteiger partial charge in [-0.15, -0.1) is 12.4 Å². The maximum Gasteiger partial charge on any atom is 0.123 e. The molecular weight excluding hydrogens is 193 g/mol. The van der Waals surface area contributed by atoms with Crippen LogP contribution in [-0.2, 0) is 0 Å². The second-order valence-electron chi connectivity index (χ2n) is 2.82. The van der Waals surface area contributed by atoms with Gasteiger partial charge in [-0.2, -0.15) is 0 Å². The van der Waals surface area contributed by atoms with Crippen molar-refractivity contribution in [3.8, 4) is 0 Å². The molecule has 74 valence electrons. The summed E-state index contributed by atoms with van der Waals surface area (Å²) >= 11 is 0. The van der Waals surface area contributed by atoms with Gasteiger partial charge < -0.3 is 10.8 Å². The second kappa shape index (κ2) is 5.17. The van der Waals surface area contributed by atoms with E-state index >= 15 is 0 Å². The molecule has 4 heteroatoms. The fraction of sp³-hybridized carbons (Fsp3) is 0.333. The maximum absolute atomic E-state index is 12.7. The molecule has 0 aliphatic heterocycles. The minimum Gasteiger partial charge on any atom is -0.391 e. The molecule has 0 fully saturated rings. The Morgan fingerprint density at radius 3 is 2.54 bits per heavy atom. The summed E-state index contributed by atoms with van der Waals surface area (Å²) < 4.78 is 12.7. The van der Waals surface area contributed by atoms with Gasteiger partial charge in [0, 0.05) is 0 Å². The fourth-order valence-electron chi connectivity index (χ4n) is 0.992. The second-order valence-corrected chi connectivity index (χ2v) is 2.82. The lowest BCUT2D eigenvalue weighted by atomic mass is 10.0. The van der Waals surface area contributed by atoms with E-state index in [2.05, 4.69) is 0 Å². The van der Waals surface area contributed by atoms with Crippen molar-refractivity contribution in [3.63, 3.8) is 0 Å². The van der Waals surface area contributed by atoms with Gasteiger partial charge in [-0.25, -0.2) is 4.39 Å². The van der Waals surface area contributed by atoms with Crippen molar-refractivity contribution in [3.05, 3.63) is 35.6 Å². The summed E-state index contributed by atoms with van der Waals surface area (Å²) in [4.78, 5) is 0. The average molecular weight is 206 g/mol. The van der Waals surface area contributed by atoms with E-state index in [4.69, 9.17) is 10.8 Å². The predicted molar refractivity (Wildman–Crippen MR) is 52.3 cm³/mol. The zero-order valence-corrected chi connectivity index (χ0v) is 8.09. The molecule has 13 heavy (non-hydrogen) atoms. The minimum atomic E-state index is -0.660. The summed E-state index contributed by atoms with van der Waals surface area (Å²) in [5, 5.41) is 9.12. The molecule has 2 nitrogen and oxygen atoms in total. The Labute approximate surface area is 83.0 Å². The molecule has 1 aromatic rings. The third-order valence-electron chi connectivity index (χ3n) is 1.75. The smallest absolute Gasteiger partial charge is 0.123 e.